The smallest absolute Gasteiger partial charge is 0.230 e. The number of ether oxygens (including phenoxy) is 2. The molecule has 3 aliphatic heterocycles. The van der Waals surface area contributed by atoms with E-state index in [1.807, 2.05) is 12.3 Å². The van der Waals surface area contributed by atoms with Crippen LogP contribution in [0.15, 0.2) is 52.8 Å². The number of phenols is 2. The Labute approximate surface area is 133 Å². The molecule has 0 saturated heterocycles. The van der Waals surface area contributed by atoms with Crippen LogP contribution < -0.4 is 0 Å². The van der Waals surface area contributed by atoms with E-state index in [9.17, 15) is 10.2 Å². The molecule has 5 rings (SSSR count). The summed E-state index contributed by atoms with van der Waals surface area (Å²) in [5, 5.41) is 19.8. The Bertz CT molecular complexity index is 860. The fourth-order valence-electron chi connectivity index (χ4n) is 3.60. The molecule has 0 unspecified atom stereocenters. The maximum absolute atomic E-state index is 10.1. The minimum absolute atomic E-state index is 0.0351. The van der Waals surface area contributed by atoms with Gasteiger partial charge in [-0.1, -0.05) is 6.07 Å². The summed E-state index contributed by atoms with van der Waals surface area (Å²) >= 11 is 0. The molecule has 0 saturated carbocycles. The summed E-state index contributed by atoms with van der Waals surface area (Å²) in [6, 6.07) is 3.38. The van der Waals surface area contributed by atoms with Gasteiger partial charge in [0.05, 0.1) is 6.54 Å². The molecule has 116 valence electrons. The number of nitrogens with zero attached hydrogens (tertiary/aromatic N) is 1. The molecule has 0 amide bonds. The van der Waals surface area contributed by atoms with Crippen molar-refractivity contribution in [2.24, 2.45) is 0 Å². The lowest BCUT2D eigenvalue weighted by molar-refractivity contribution is 0.0697. The average molecular weight is 309 g/mol. The Kier molecular flexibility index (Phi) is 2.40. The van der Waals surface area contributed by atoms with Crippen molar-refractivity contribution in [1.29, 1.82) is 0 Å². The molecule has 0 fully saturated rings. The van der Waals surface area contributed by atoms with E-state index in [1.54, 1.807) is 0 Å². The average Bonchev–Trinajstić information content (AvgIpc) is 3.02. The van der Waals surface area contributed by atoms with E-state index in [0.717, 1.165) is 41.2 Å². The lowest BCUT2D eigenvalue weighted by Crippen LogP contribution is -2.26. The third-order valence-corrected chi connectivity index (χ3v) is 4.85. The van der Waals surface area contributed by atoms with Crippen LogP contribution in [-0.4, -0.2) is 21.9 Å². The standard InChI is InChI=1S/C18H15NO4/c20-15-2-1-10-5-14-12-7-17-16(22-9-23-17)6-11(12)3-4-19(14)8-13(10)18(15)21/h1-5,20-21H,6-9H2. The van der Waals surface area contributed by atoms with Gasteiger partial charge in [-0.15, -0.1) is 0 Å². The summed E-state index contributed by atoms with van der Waals surface area (Å²) in [4.78, 5) is 2.10. The zero-order chi connectivity index (χ0) is 15.6. The third-order valence-electron chi connectivity index (χ3n) is 4.85. The second-order valence-electron chi connectivity index (χ2n) is 6.08. The number of benzene rings is 1. The van der Waals surface area contributed by atoms with Crippen LogP contribution in [0.1, 0.15) is 24.0 Å². The maximum atomic E-state index is 10.1. The Balaban J connectivity index is 1.61. The van der Waals surface area contributed by atoms with Crippen LogP contribution in [0, 0.1) is 0 Å². The van der Waals surface area contributed by atoms with Crippen LogP contribution in [0.4, 0.5) is 0 Å². The van der Waals surface area contributed by atoms with Crippen LogP contribution in [0.2, 0.25) is 0 Å². The van der Waals surface area contributed by atoms with Crippen molar-refractivity contribution in [3.8, 4) is 11.5 Å². The van der Waals surface area contributed by atoms with E-state index < -0.39 is 0 Å². The molecule has 0 radical (unpaired) electrons. The maximum Gasteiger partial charge on any atom is 0.230 e. The summed E-state index contributed by atoms with van der Waals surface area (Å²) in [6.45, 7) is 0.853. The lowest BCUT2D eigenvalue weighted by atomic mass is 9.86. The van der Waals surface area contributed by atoms with Gasteiger partial charge in [-0.25, -0.2) is 0 Å². The van der Waals surface area contributed by atoms with E-state index in [2.05, 4.69) is 17.1 Å². The molecule has 0 spiro atoms. The monoisotopic (exact) mass is 309 g/mol. The van der Waals surface area contributed by atoms with Gasteiger partial charge in [-0.2, -0.15) is 0 Å². The number of rotatable bonds is 0. The van der Waals surface area contributed by atoms with Crippen molar-refractivity contribution in [2.75, 3.05) is 6.79 Å². The first-order chi connectivity index (χ1) is 11.2. The van der Waals surface area contributed by atoms with Gasteiger partial charge < -0.3 is 24.6 Å². The van der Waals surface area contributed by atoms with Crippen LogP contribution in [-0.2, 0) is 16.0 Å². The van der Waals surface area contributed by atoms with Crippen molar-refractivity contribution in [2.45, 2.75) is 19.4 Å². The van der Waals surface area contributed by atoms with E-state index in [4.69, 9.17) is 9.47 Å². The second kappa shape index (κ2) is 4.35. The Morgan fingerprint density at radius 3 is 2.74 bits per heavy atom. The SMILES string of the molecule is Oc1ccc2c(c1O)CN1C=CC3=C(CC4=C(C3)OCO4)C1=C2. The predicted octanol–water partition coefficient (Wildman–Crippen LogP) is 3.09. The summed E-state index contributed by atoms with van der Waals surface area (Å²) in [5.74, 6) is 1.76. The lowest BCUT2D eigenvalue weighted by Gasteiger charge is -2.35. The van der Waals surface area contributed by atoms with Crippen LogP contribution >= 0.6 is 0 Å². The number of fused-ring (bicyclic) bond motifs is 3. The van der Waals surface area contributed by atoms with E-state index in [1.165, 1.54) is 17.2 Å². The van der Waals surface area contributed by atoms with Gasteiger partial charge in [0.15, 0.2) is 11.5 Å². The topological polar surface area (TPSA) is 62.2 Å². The highest BCUT2D eigenvalue weighted by molar-refractivity contribution is 5.70. The van der Waals surface area contributed by atoms with Crippen LogP contribution in [0.5, 0.6) is 11.5 Å². The van der Waals surface area contributed by atoms with Crippen molar-refractivity contribution in [3.05, 3.63) is 63.9 Å². The van der Waals surface area contributed by atoms with Crippen molar-refractivity contribution >= 4 is 6.08 Å². The summed E-state index contributed by atoms with van der Waals surface area (Å²) in [5.41, 5.74) is 5.32. The molecular weight excluding hydrogens is 294 g/mol. The molecule has 23 heavy (non-hydrogen) atoms. The Morgan fingerprint density at radius 1 is 1.04 bits per heavy atom. The highest BCUT2D eigenvalue weighted by Gasteiger charge is 2.33. The Morgan fingerprint density at radius 2 is 1.87 bits per heavy atom. The zero-order valence-corrected chi connectivity index (χ0v) is 12.4. The van der Waals surface area contributed by atoms with E-state index in [-0.39, 0.29) is 11.5 Å². The van der Waals surface area contributed by atoms with E-state index >= 15 is 0 Å². The van der Waals surface area contributed by atoms with E-state index in [0.29, 0.717) is 13.3 Å². The zero-order valence-electron chi connectivity index (χ0n) is 12.4. The number of aromatic hydroxyl groups is 2. The normalized spacial score (nSPS) is 21.0. The summed E-state index contributed by atoms with van der Waals surface area (Å²) in [6.07, 6.45) is 7.69. The molecule has 2 N–H and O–H groups in total. The summed E-state index contributed by atoms with van der Waals surface area (Å²) in [7, 11) is 0. The molecule has 1 aliphatic carbocycles. The molecule has 1 aromatic carbocycles. The number of hydrogen-bond acceptors (Lipinski definition) is 5. The molecule has 4 aliphatic rings. The molecule has 5 heteroatoms. The molecule has 3 heterocycles. The molecule has 0 bridgehead atoms. The fraction of sp³-hybridized carbons (Fsp3) is 0.222. The minimum Gasteiger partial charge on any atom is -0.504 e. The van der Waals surface area contributed by atoms with Gasteiger partial charge in [-0.3, -0.25) is 0 Å². The molecule has 0 atom stereocenters. The highest BCUT2D eigenvalue weighted by Crippen LogP contribution is 2.45. The van der Waals surface area contributed by atoms with Crippen molar-refractivity contribution < 1.29 is 19.7 Å². The third kappa shape index (κ3) is 1.73. The molecule has 0 aromatic heterocycles. The van der Waals surface area contributed by atoms with Gasteiger partial charge in [0, 0.05) is 30.3 Å². The second-order valence-corrected chi connectivity index (χ2v) is 6.08. The van der Waals surface area contributed by atoms with Crippen molar-refractivity contribution in [3.63, 3.8) is 0 Å². The first-order valence-corrected chi connectivity index (χ1v) is 7.61. The highest BCUT2D eigenvalue weighted by atomic mass is 16.7. The van der Waals surface area contributed by atoms with Gasteiger partial charge >= 0.3 is 0 Å². The largest absolute Gasteiger partial charge is 0.504 e. The number of hydrogen-bond donors (Lipinski definition) is 2. The molecular formula is C18H15NO4. The first-order valence-electron chi connectivity index (χ1n) is 7.61. The summed E-state index contributed by atoms with van der Waals surface area (Å²) < 4.78 is 11.1. The number of allylic oxidation sites excluding steroid dienone is 4. The van der Waals surface area contributed by atoms with Gasteiger partial charge in [-0.05, 0) is 34.9 Å². The molecule has 5 nitrogen and oxygen atoms in total. The van der Waals surface area contributed by atoms with Crippen LogP contribution in [0.3, 0.4) is 0 Å². The first kappa shape index (κ1) is 12.7. The van der Waals surface area contributed by atoms with Crippen LogP contribution in [0.25, 0.3) is 6.08 Å². The fourth-order valence-corrected chi connectivity index (χ4v) is 3.60. The molecule has 1 aromatic rings. The number of phenolic OH excluding ortho intramolecular Hbond substituents is 2. The van der Waals surface area contributed by atoms with Gasteiger partial charge in [0.2, 0.25) is 6.79 Å². The Hall–Kier alpha value is -2.82. The van der Waals surface area contributed by atoms with Gasteiger partial charge in [0.25, 0.3) is 0 Å². The van der Waals surface area contributed by atoms with Gasteiger partial charge in [0.1, 0.15) is 11.5 Å². The van der Waals surface area contributed by atoms with Crippen molar-refractivity contribution in [1.82, 2.24) is 4.90 Å². The minimum atomic E-state index is -0.0783. The predicted molar refractivity (Wildman–Crippen MR) is 82.8 cm³/mol. The quantitative estimate of drug-likeness (QED) is 0.721.